The summed E-state index contributed by atoms with van der Waals surface area (Å²) in [5.41, 5.74) is 11.3. The van der Waals surface area contributed by atoms with Gasteiger partial charge >= 0.3 is 0 Å². The van der Waals surface area contributed by atoms with Crippen LogP contribution in [-0.4, -0.2) is 15.0 Å². The van der Waals surface area contributed by atoms with E-state index in [1.165, 1.54) is 32.8 Å². The van der Waals surface area contributed by atoms with E-state index in [0.717, 1.165) is 60.7 Å². The predicted octanol–water partition coefficient (Wildman–Crippen LogP) is 14.1. The maximum atomic E-state index is 6.69. The van der Waals surface area contributed by atoms with Crippen LogP contribution in [-0.2, 0) is 0 Å². The summed E-state index contributed by atoms with van der Waals surface area (Å²) in [5, 5.41) is 6.94. The molecule has 4 nitrogen and oxygen atoms in total. The molecule has 0 radical (unpaired) electrons. The van der Waals surface area contributed by atoms with Crippen LogP contribution in [0.1, 0.15) is 0 Å². The van der Waals surface area contributed by atoms with E-state index in [1.807, 2.05) is 30.3 Å². The average Bonchev–Trinajstić information content (AvgIpc) is 3.67. The van der Waals surface area contributed by atoms with Crippen molar-refractivity contribution in [2.45, 2.75) is 0 Å². The Morgan fingerprint density at radius 2 is 0.807 bits per heavy atom. The van der Waals surface area contributed by atoms with Gasteiger partial charge in [-0.3, -0.25) is 0 Å². The van der Waals surface area contributed by atoms with Gasteiger partial charge in [-0.05, 0) is 79.9 Å². The molecule has 0 unspecified atom stereocenters. The second kappa shape index (κ2) is 13.6. The molecule has 11 aromatic rings. The van der Waals surface area contributed by atoms with E-state index in [4.69, 9.17) is 19.4 Å². The Kier molecular flexibility index (Phi) is 7.78. The Balaban J connectivity index is 0.985. The minimum absolute atomic E-state index is 0.615. The highest BCUT2D eigenvalue weighted by Crippen LogP contribution is 2.41. The van der Waals surface area contributed by atoms with E-state index in [1.54, 1.807) is 0 Å². The van der Waals surface area contributed by atoms with Gasteiger partial charge in [0.05, 0.1) is 0 Å². The fourth-order valence-electron chi connectivity index (χ4n) is 8.00. The predicted molar refractivity (Wildman–Crippen MR) is 235 cm³/mol. The van der Waals surface area contributed by atoms with Gasteiger partial charge in [0.2, 0.25) is 0 Å². The lowest BCUT2D eigenvalue weighted by molar-refractivity contribution is 0.673. The van der Waals surface area contributed by atoms with Crippen molar-refractivity contribution < 1.29 is 4.42 Å². The highest BCUT2D eigenvalue weighted by atomic mass is 16.3. The molecule has 57 heavy (non-hydrogen) atoms. The SMILES string of the molecule is c1ccc(-c2nc(-c3ccc(-c4ccc5ccccc5c4)cc3)nc(-c3cccc(-c4ccc5c(c4)oc4c6ccccc6c(-c6ccccc6)cc54)c3)n2)cc1. The lowest BCUT2D eigenvalue weighted by Gasteiger charge is -2.10. The van der Waals surface area contributed by atoms with Crippen molar-refractivity contribution >= 4 is 43.5 Å². The summed E-state index contributed by atoms with van der Waals surface area (Å²) in [6.07, 6.45) is 0. The summed E-state index contributed by atoms with van der Waals surface area (Å²) in [6, 6.07) is 69.9. The van der Waals surface area contributed by atoms with Crippen LogP contribution in [0.25, 0.3) is 111 Å². The lowest BCUT2D eigenvalue weighted by atomic mass is 9.95. The minimum Gasteiger partial charge on any atom is -0.455 e. The number of hydrogen-bond donors (Lipinski definition) is 0. The number of aromatic nitrogens is 3. The summed E-state index contributed by atoms with van der Waals surface area (Å²) in [6.45, 7) is 0. The van der Waals surface area contributed by atoms with Gasteiger partial charge in [-0.25, -0.2) is 15.0 Å². The van der Waals surface area contributed by atoms with Gasteiger partial charge in [0, 0.05) is 32.8 Å². The molecule has 4 heteroatoms. The van der Waals surface area contributed by atoms with Crippen molar-refractivity contribution in [2.24, 2.45) is 0 Å². The molecule has 11 rings (SSSR count). The Labute approximate surface area is 329 Å². The van der Waals surface area contributed by atoms with Crippen LogP contribution in [0.15, 0.2) is 205 Å². The van der Waals surface area contributed by atoms with Crippen LogP contribution in [0, 0.1) is 0 Å². The summed E-state index contributed by atoms with van der Waals surface area (Å²) in [4.78, 5) is 15.1. The molecular formula is C53H33N3O. The Hall–Kier alpha value is -7.69. The van der Waals surface area contributed by atoms with Crippen LogP contribution in [0.5, 0.6) is 0 Å². The van der Waals surface area contributed by atoms with E-state index in [-0.39, 0.29) is 0 Å². The van der Waals surface area contributed by atoms with Crippen LogP contribution < -0.4 is 0 Å². The third-order valence-electron chi connectivity index (χ3n) is 10.9. The van der Waals surface area contributed by atoms with E-state index in [9.17, 15) is 0 Å². The highest BCUT2D eigenvalue weighted by molar-refractivity contribution is 6.19. The number of furan rings is 1. The largest absolute Gasteiger partial charge is 0.455 e. The van der Waals surface area contributed by atoms with Crippen molar-refractivity contribution in [3.8, 4) is 67.5 Å². The van der Waals surface area contributed by atoms with Gasteiger partial charge in [0.1, 0.15) is 11.2 Å². The number of rotatable bonds is 6. The van der Waals surface area contributed by atoms with Crippen molar-refractivity contribution in [1.82, 2.24) is 15.0 Å². The third kappa shape index (κ3) is 5.92. The van der Waals surface area contributed by atoms with Gasteiger partial charge in [-0.15, -0.1) is 0 Å². The Morgan fingerprint density at radius 1 is 0.281 bits per heavy atom. The smallest absolute Gasteiger partial charge is 0.164 e. The zero-order chi connectivity index (χ0) is 37.7. The number of benzene rings is 9. The molecular weight excluding hydrogens is 695 g/mol. The first-order valence-electron chi connectivity index (χ1n) is 19.2. The summed E-state index contributed by atoms with van der Waals surface area (Å²) in [7, 11) is 0. The van der Waals surface area contributed by atoms with Crippen LogP contribution in [0.2, 0.25) is 0 Å². The molecule has 0 aliphatic heterocycles. The van der Waals surface area contributed by atoms with Gasteiger partial charge in [0.15, 0.2) is 17.5 Å². The maximum absolute atomic E-state index is 6.69. The van der Waals surface area contributed by atoms with Gasteiger partial charge < -0.3 is 4.42 Å². The Bertz CT molecular complexity index is 3280. The molecule has 2 heterocycles. The van der Waals surface area contributed by atoms with Gasteiger partial charge in [0.25, 0.3) is 0 Å². The number of nitrogens with zero attached hydrogens (tertiary/aromatic N) is 3. The molecule has 0 amide bonds. The van der Waals surface area contributed by atoms with Crippen molar-refractivity contribution in [2.75, 3.05) is 0 Å². The van der Waals surface area contributed by atoms with E-state index in [0.29, 0.717) is 17.5 Å². The first-order chi connectivity index (χ1) is 28.2. The molecule has 0 atom stereocenters. The maximum Gasteiger partial charge on any atom is 0.164 e. The van der Waals surface area contributed by atoms with Crippen LogP contribution >= 0.6 is 0 Å². The van der Waals surface area contributed by atoms with E-state index < -0.39 is 0 Å². The topological polar surface area (TPSA) is 51.8 Å². The van der Waals surface area contributed by atoms with E-state index >= 15 is 0 Å². The molecule has 266 valence electrons. The molecule has 0 N–H and O–H groups in total. The quantitative estimate of drug-likeness (QED) is 0.171. The first kappa shape index (κ1) is 32.7. The summed E-state index contributed by atoms with van der Waals surface area (Å²) >= 11 is 0. The number of fused-ring (bicyclic) bond motifs is 6. The second-order valence-electron chi connectivity index (χ2n) is 14.4. The van der Waals surface area contributed by atoms with Crippen molar-refractivity contribution in [1.29, 1.82) is 0 Å². The van der Waals surface area contributed by atoms with E-state index in [2.05, 4.69) is 170 Å². The molecule has 2 aromatic heterocycles. The highest BCUT2D eigenvalue weighted by Gasteiger charge is 2.17. The molecule has 0 spiro atoms. The average molecular weight is 728 g/mol. The summed E-state index contributed by atoms with van der Waals surface area (Å²) in [5.74, 6) is 1.87. The zero-order valence-electron chi connectivity index (χ0n) is 30.8. The normalized spacial score (nSPS) is 11.5. The molecule has 0 aliphatic carbocycles. The summed E-state index contributed by atoms with van der Waals surface area (Å²) < 4.78 is 6.69. The van der Waals surface area contributed by atoms with Crippen LogP contribution in [0.3, 0.4) is 0 Å². The molecule has 0 bridgehead atoms. The standard InChI is InChI=1S/C53H33N3O/c1-3-13-36(14-4-1)47-33-48-45-29-28-42(32-49(45)57-50(48)46-21-10-9-20-44(46)47)40-18-11-19-43(31-40)53-55-51(37-15-5-2-6-16-37)54-52(56-53)38-25-22-35(23-26-38)41-27-24-34-12-7-8-17-39(34)30-41/h1-33H. The number of hydrogen-bond acceptors (Lipinski definition) is 4. The van der Waals surface area contributed by atoms with Crippen LogP contribution in [0.4, 0.5) is 0 Å². The molecule has 0 aliphatic rings. The lowest BCUT2D eigenvalue weighted by Crippen LogP contribution is -2.00. The monoisotopic (exact) mass is 727 g/mol. The molecule has 0 fully saturated rings. The fraction of sp³-hybridized carbons (Fsp3) is 0. The van der Waals surface area contributed by atoms with Crippen molar-refractivity contribution in [3.05, 3.63) is 200 Å². The Morgan fingerprint density at radius 3 is 1.58 bits per heavy atom. The second-order valence-corrected chi connectivity index (χ2v) is 14.4. The fourth-order valence-corrected chi connectivity index (χ4v) is 8.00. The minimum atomic E-state index is 0.615. The molecule has 0 saturated carbocycles. The van der Waals surface area contributed by atoms with Crippen molar-refractivity contribution in [3.63, 3.8) is 0 Å². The first-order valence-corrected chi connectivity index (χ1v) is 19.2. The third-order valence-corrected chi connectivity index (χ3v) is 10.9. The molecule has 0 saturated heterocycles. The molecule has 9 aromatic carbocycles. The van der Waals surface area contributed by atoms with Gasteiger partial charge in [-0.1, -0.05) is 170 Å². The van der Waals surface area contributed by atoms with Gasteiger partial charge in [-0.2, -0.15) is 0 Å². The zero-order valence-corrected chi connectivity index (χ0v) is 30.8.